The van der Waals surface area contributed by atoms with Crippen LogP contribution >= 0.6 is 0 Å². The lowest BCUT2D eigenvalue weighted by atomic mass is 10.0. The summed E-state index contributed by atoms with van der Waals surface area (Å²) in [6.07, 6.45) is 2.53. The Morgan fingerprint density at radius 1 is 0.939 bits per heavy atom. The highest BCUT2D eigenvalue weighted by Gasteiger charge is 2.27. The van der Waals surface area contributed by atoms with E-state index in [2.05, 4.69) is 16.0 Å². The molecule has 0 saturated carbocycles. The SMILES string of the molecule is CCOC(=O)C=C(CCC(C)C)NC(=O)[C@H](C)NC(=O)[C@@H](NC(=O)c1ccccc1)C(C)C. The summed E-state index contributed by atoms with van der Waals surface area (Å²) in [5.74, 6) is -1.64. The molecule has 8 heteroatoms. The molecule has 3 amide bonds. The quantitative estimate of drug-likeness (QED) is 0.329. The van der Waals surface area contributed by atoms with Gasteiger partial charge in [-0.15, -0.1) is 0 Å². The van der Waals surface area contributed by atoms with Gasteiger partial charge in [-0.1, -0.05) is 45.9 Å². The molecular weight excluding hydrogens is 422 g/mol. The first-order valence-corrected chi connectivity index (χ1v) is 11.4. The van der Waals surface area contributed by atoms with Crippen LogP contribution in [0.15, 0.2) is 42.1 Å². The zero-order valence-electron chi connectivity index (χ0n) is 20.4. The lowest BCUT2D eigenvalue weighted by molar-refractivity contribution is -0.137. The van der Waals surface area contributed by atoms with Gasteiger partial charge >= 0.3 is 5.97 Å². The predicted molar refractivity (Wildman–Crippen MR) is 127 cm³/mol. The lowest BCUT2D eigenvalue weighted by Crippen LogP contribution is -2.54. The second-order valence-electron chi connectivity index (χ2n) is 8.63. The summed E-state index contributed by atoms with van der Waals surface area (Å²) in [6.45, 7) is 11.2. The van der Waals surface area contributed by atoms with Gasteiger partial charge in [0.05, 0.1) is 6.61 Å². The van der Waals surface area contributed by atoms with E-state index in [1.165, 1.54) is 6.08 Å². The van der Waals surface area contributed by atoms with Gasteiger partial charge < -0.3 is 20.7 Å². The molecule has 0 spiro atoms. The molecule has 8 nitrogen and oxygen atoms in total. The molecule has 0 aliphatic carbocycles. The number of benzene rings is 1. The van der Waals surface area contributed by atoms with Crippen molar-refractivity contribution in [2.45, 2.75) is 66.5 Å². The highest BCUT2D eigenvalue weighted by atomic mass is 16.5. The molecule has 33 heavy (non-hydrogen) atoms. The number of rotatable bonds is 12. The number of carbonyl (C=O) groups excluding carboxylic acids is 4. The lowest BCUT2D eigenvalue weighted by Gasteiger charge is -2.24. The van der Waals surface area contributed by atoms with E-state index in [0.29, 0.717) is 23.6 Å². The molecule has 0 radical (unpaired) electrons. The van der Waals surface area contributed by atoms with Crippen LogP contribution in [0.25, 0.3) is 0 Å². The minimum Gasteiger partial charge on any atom is -0.463 e. The summed E-state index contributed by atoms with van der Waals surface area (Å²) in [6, 6.07) is 6.92. The van der Waals surface area contributed by atoms with E-state index in [-0.39, 0.29) is 18.4 Å². The average Bonchev–Trinajstić information content (AvgIpc) is 2.75. The first-order chi connectivity index (χ1) is 15.5. The smallest absolute Gasteiger partial charge is 0.332 e. The number of carbonyl (C=O) groups is 4. The van der Waals surface area contributed by atoms with Crippen LogP contribution in [0.1, 0.15) is 64.7 Å². The van der Waals surface area contributed by atoms with E-state index in [1.807, 2.05) is 27.7 Å². The Hall–Kier alpha value is -3.16. The van der Waals surface area contributed by atoms with Gasteiger partial charge in [-0.05, 0) is 50.7 Å². The fourth-order valence-corrected chi connectivity index (χ4v) is 2.93. The molecular formula is C25H37N3O5. The van der Waals surface area contributed by atoms with E-state index in [0.717, 1.165) is 6.42 Å². The predicted octanol–water partition coefficient (Wildman–Crippen LogP) is 2.95. The minimum atomic E-state index is -0.878. The fraction of sp³-hybridized carbons (Fsp3) is 0.520. The third-order valence-electron chi connectivity index (χ3n) is 4.88. The van der Waals surface area contributed by atoms with Crippen LogP contribution < -0.4 is 16.0 Å². The van der Waals surface area contributed by atoms with E-state index >= 15 is 0 Å². The van der Waals surface area contributed by atoms with Gasteiger partial charge in [0.15, 0.2) is 0 Å². The molecule has 0 heterocycles. The van der Waals surface area contributed by atoms with Crippen LogP contribution in [0.2, 0.25) is 0 Å². The van der Waals surface area contributed by atoms with E-state index in [9.17, 15) is 19.2 Å². The molecule has 0 aliphatic rings. The molecule has 1 aromatic carbocycles. The largest absolute Gasteiger partial charge is 0.463 e. The van der Waals surface area contributed by atoms with Crippen LogP contribution in [0.3, 0.4) is 0 Å². The standard InChI is InChI=1S/C25H37N3O5/c1-7-33-21(29)15-20(14-13-16(2)3)27-23(30)18(6)26-25(32)22(17(4)5)28-24(31)19-11-9-8-10-12-19/h8-12,15-18,22H,7,13-14H2,1-6H3,(H,26,32)(H,27,30)(H,28,31)/t18-,22-/m0/s1. The number of hydrogen-bond donors (Lipinski definition) is 3. The molecule has 3 N–H and O–H groups in total. The van der Waals surface area contributed by atoms with Crippen molar-refractivity contribution in [3.63, 3.8) is 0 Å². The van der Waals surface area contributed by atoms with Crippen LogP contribution in [-0.2, 0) is 19.1 Å². The van der Waals surface area contributed by atoms with Gasteiger partial charge in [-0.25, -0.2) is 4.79 Å². The zero-order valence-corrected chi connectivity index (χ0v) is 20.4. The third-order valence-corrected chi connectivity index (χ3v) is 4.88. The summed E-state index contributed by atoms with van der Waals surface area (Å²) in [4.78, 5) is 49.9. The van der Waals surface area contributed by atoms with Gasteiger partial charge in [0.2, 0.25) is 11.8 Å². The van der Waals surface area contributed by atoms with Crippen molar-refractivity contribution < 1.29 is 23.9 Å². The third kappa shape index (κ3) is 10.3. The number of amides is 3. The summed E-state index contributed by atoms with van der Waals surface area (Å²) in [5, 5.41) is 8.11. The number of hydrogen-bond acceptors (Lipinski definition) is 5. The van der Waals surface area contributed by atoms with Crippen LogP contribution in [0.5, 0.6) is 0 Å². The summed E-state index contributed by atoms with van der Waals surface area (Å²) < 4.78 is 4.94. The van der Waals surface area contributed by atoms with Gasteiger partial charge in [0.25, 0.3) is 5.91 Å². The molecule has 2 atom stereocenters. The molecule has 0 saturated heterocycles. The maximum Gasteiger partial charge on any atom is 0.332 e. The van der Waals surface area contributed by atoms with Crippen LogP contribution in [0, 0.1) is 11.8 Å². The Labute approximate surface area is 196 Å². The Balaban J connectivity index is 2.81. The van der Waals surface area contributed by atoms with Gasteiger partial charge in [-0.3, -0.25) is 14.4 Å². The second-order valence-corrected chi connectivity index (χ2v) is 8.63. The fourth-order valence-electron chi connectivity index (χ4n) is 2.93. The van der Waals surface area contributed by atoms with Gasteiger partial charge in [0, 0.05) is 17.3 Å². The molecule has 1 rings (SSSR count). The Kier molecular flexibility index (Phi) is 11.9. The Bertz CT molecular complexity index is 834. The summed E-state index contributed by atoms with van der Waals surface area (Å²) in [5.41, 5.74) is 0.881. The monoisotopic (exact) mass is 459 g/mol. The second kappa shape index (κ2) is 14.1. The Morgan fingerprint density at radius 2 is 1.58 bits per heavy atom. The molecule has 0 aliphatic heterocycles. The molecule has 0 aromatic heterocycles. The number of esters is 1. The van der Waals surface area contributed by atoms with Crippen molar-refractivity contribution in [1.29, 1.82) is 0 Å². The average molecular weight is 460 g/mol. The highest BCUT2D eigenvalue weighted by molar-refractivity contribution is 5.98. The molecule has 0 unspecified atom stereocenters. The van der Waals surface area contributed by atoms with E-state index in [4.69, 9.17) is 4.74 Å². The molecule has 1 aromatic rings. The summed E-state index contributed by atoms with van der Waals surface area (Å²) in [7, 11) is 0. The van der Waals surface area contributed by atoms with Crippen molar-refractivity contribution in [3.05, 3.63) is 47.7 Å². The topological polar surface area (TPSA) is 114 Å². The Morgan fingerprint density at radius 3 is 2.12 bits per heavy atom. The maximum absolute atomic E-state index is 12.8. The van der Waals surface area contributed by atoms with E-state index in [1.54, 1.807) is 44.2 Å². The van der Waals surface area contributed by atoms with Crippen LogP contribution in [-0.4, -0.2) is 42.4 Å². The highest BCUT2D eigenvalue weighted by Crippen LogP contribution is 2.11. The van der Waals surface area contributed by atoms with Crippen molar-refractivity contribution >= 4 is 23.7 Å². The number of ether oxygens (including phenoxy) is 1. The van der Waals surface area contributed by atoms with Gasteiger partial charge in [-0.2, -0.15) is 0 Å². The minimum absolute atomic E-state index is 0.196. The number of allylic oxidation sites excluding steroid dienone is 1. The van der Waals surface area contributed by atoms with Crippen molar-refractivity contribution in [2.75, 3.05) is 6.61 Å². The van der Waals surface area contributed by atoms with Crippen molar-refractivity contribution in [3.8, 4) is 0 Å². The molecule has 0 bridgehead atoms. The normalized spacial score (nSPS) is 13.3. The van der Waals surface area contributed by atoms with Crippen LogP contribution in [0.4, 0.5) is 0 Å². The molecule has 0 fully saturated rings. The zero-order chi connectivity index (χ0) is 25.0. The van der Waals surface area contributed by atoms with Gasteiger partial charge in [0.1, 0.15) is 12.1 Å². The van der Waals surface area contributed by atoms with Crippen molar-refractivity contribution in [1.82, 2.24) is 16.0 Å². The first kappa shape index (κ1) is 27.9. The number of nitrogens with one attached hydrogen (secondary N) is 3. The van der Waals surface area contributed by atoms with E-state index < -0.39 is 29.9 Å². The molecule has 182 valence electrons. The summed E-state index contributed by atoms with van der Waals surface area (Å²) >= 11 is 0. The maximum atomic E-state index is 12.8. The first-order valence-electron chi connectivity index (χ1n) is 11.4. The van der Waals surface area contributed by atoms with Crippen molar-refractivity contribution in [2.24, 2.45) is 11.8 Å².